The van der Waals surface area contributed by atoms with Crippen LogP contribution >= 0.6 is 24.0 Å². The van der Waals surface area contributed by atoms with Gasteiger partial charge in [-0.2, -0.15) is 0 Å². The molecule has 1 aliphatic rings. The molecule has 2 heterocycles. The molecule has 2 rings (SSSR count). The molecular formula is C13H20Cl2N4O. The van der Waals surface area contributed by atoms with E-state index in [0.29, 0.717) is 23.1 Å². The van der Waals surface area contributed by atoms with Crippen molar-refractivity contribution in [2.75, 3.05) is 26.2 Å². The highest BCUT2D eigenvalue weighted by Crippen LogP contribution is 2.18. The van der Waals surface area contributed by atoms with Crippen LogP contribution in [0.5, 0.6) is 0 Å². The summed E-state index contributed by atoms with van der Waals surface area (Å²) in [4.78, 5) is 22.8. The van der Waals surface area contributed by atoms with Gasteiger partial charge in [-0.1, -0.05) is 25.4 Å². The SMILES string of the molecule is CC(C)c1ncc(Cl)c(C(=O)N2CCCNCC2)n1.Cl. The Labute approximate surface area is 130 Å². The van der Waals surface area contributed by atoms with Crippen LogP contribution in [-0.2, 0) is 0 Å². The van der Waals surface area contributed by atoms with E-state index < -0.39 is 0 Å². The molecule has 0 aliphatic carbocycles. The molecule has 1 saturated heterocycles. The van der Waals surface area contributed by atoms with Gasteiger partial charge in [-0.25, -0.2) is 9.97 Å². The van der Waals surface area contributed by atoms with Gasteiger partial charge in [0.15, 0.2) is 5.69 Å². The number of rotatable bonds is 2. The van der Waals surface area contributed by atoms with E-state index >= 15 is 0 Å². The van der Waals surface area contributed by atoms with Crippen LogP contribution in [0.25, 0.3) is 0 Å². The Bertz CT molecular complexity index is 460. The van der Waals surface area contributed by atoms with Crippen LogP contribution in [0.2, 0.25) is 5.02 Å². The van der Waals surface area contributed by atoms with Crippen molar-refractivity contribution in [2.24, 2.45) is 0 Å². The number of aromatic nitrogens is 2. The Morgan fingerprint density at radius 1 is 1.40 bits per heavy atom. The molecule has 112 valence electrons. The van der Waals surface area contributed by atoms with Crippen LogP contribution in [0, 0.1) is 0 Å². The normalized spacial score (nSPS) is 15.7. The minimum atomic E-state index is -0.0991. The van der Waals surface area contributed by atoms with Gasteiger partial charge >= 0.3 is 0 Å². The lowest BCUT2D eigenvalue weighted by atomic mass is 10.2. The summed E-state index contributed by atoms with van der Waals surface area (Å²) in [7, 11) is 0. The molecule has 7 heteroatoms. The standard InChI is InChI=1S/C13H19ClN4O.ClH/c1-9(2)12-16-8-10(14)11(17-12)13(19)18-6-3-4-15-5-7-18;/h8-9,15H,3-7H2,1-2H3;1H. The largest absolute Gasteiger partial charge is 0.336 e. The predicted molar refractivity (Wildman–Crippen MR) is 81.8 cm³/mol. The fraction of sp³-hybridized carbons (Fsp3) is 0.615. The maximum Gasteiger partial charge on any atom is 0.274 e. The average Bonchev–Trinajstić information content (AvgIpc) is 2.67. The molecule has 5 nitrogen and oxygen atoms in total. The van der Waals surface area contributed by atoms with E-state index in [2.05, 4.69) is 15.3 Å². The van der Waals surface area contributed by atoms with Crippen molar-refractivity contribution >= 4 is 29.9 Å². The minimum Gasteiger partial charge on any atom is -0.336 e. The van der Waals surface area contributed by atoms with Crippen molar-refractivity contribution in [3.63, 3.8) is 0 Å². The molecule has 0 radical (unpaired) electrons. The van der Waals surface area contributed by atoms with Crippen LogP contribution in [0.1, 0.15) is 42.5 Å². The molecule has 0 unspecified atom stereocenters. The van der Waals surface area contributed by atoms with E-state index in [1.54, 1.807) is 4.90 Å². The number of carbonyl (C=O) groups is 1. The highest BCUT2D eigenvalue weighted by molar-refractivity contribution is 6.33. The summed E-state index contributed by atoms with van der Waals surface area (Å²) in [6, 6.07) is 0. The second kappa shape index (κ2) is 7.76. The summed E-state index contributed by atoms with van der Waals surface area (Å²) in [5, 5.41) is 3.59. The zero-order chi connectivity index (χ0) is 13.8. The smallest absolute Gasteiger partial charge is 0.274 e. The molecule has 0 saturated carbocycles. The van der Waals surface area contributed by atoms with Gasteiger partial charge in [0.2, 0.25) is 0 Å². The number of nitrogens with one attached hydrogen (secondary N) is 1. The van der Waals surface area contributed by atoms with Gasteiger partial charge in [-0.3, -0.25) is 4.79 Å². The first-order valence-electron chi connectivity index (χ1n) is 6.62. The molecule has 0 spiro atoms. The Morgan fingerprint density at radius 2 is 2.15 bits per heavy atom. The van der Waals surface area contributed by atoms with Crippen LogP contribution < -0.4 is 5.32 Å². The molecule has 20 heavy (non-hydrogen) atoms. The summed E-state index contributed by atoms with van der Waals surface area (Å²) in [6.07, 6.45) is 2.47. The first kappa shape index (κ1) is 17.1. The van der Waals surface area contributed by atoms with Crippen molar-refractivity contribution in [1.29, 1.82) is 0 Å². The van der Waals surface area contributed by atoms with E-state index in [1.807, 2.05) is 13.8 Å². The fourth-order valence-electron chi connectivity index (χ4n) is 2.01. The third-order valence-electron chi connectivity index (χ3n) is 3.11. The Morgan fingerprint density at radius 3 is 2.85 bits per heavy atom. The molecule has 1 aromatic rings. The van der Waals surface area contributed by atoms with Gasteiger partial charge in [-0.15, -0.1) is 12.4 Å². The van der Waals surface area contributed by atoms with E-state index in [9.17, 15) is 4.79 Å². The van der Waals surface area contributed by atoms with E-state index in [4.69, 9.17) is 11.6 Å². The number of halogens is 2. The second-order valence-electron chi connectivity index (χ2n) is 4.98. The zero-order valence-electron chi connectivity index (χ0n) is 11.7. The molecule has 0 bridgehead atoms. The number of hydrogen-bond donors (Lipinski definition) is 1. The van der Waals surface area contributed by atoms with E-state index in [1.165, 1.54) is 6.20 Å². The van der Waals surface area contributed by atoms with E-state index in [0.717, 1.165) is 26.1 Å². The molecule has 1 fully saturated rings. The summed E-state index contributed by atoms with van der Waals surface area (Å²) < 4.78 is 0. The average molecular weight is 319 g/mol. The van der Waals surface area contributed by atoms with Crippen LogP contribution in [-0.4, -0.2) is 47.0 Å². The van der Waals surface area contributed by atoms with Crippen LogP contribution in [0.4, 0.5) is 0 Å². The third kappa shape index (κ3) is 4.04. The molecule has 1 aliphatic heterocycles. The number of carbonyl (C=O) groups excluding carboxylic acids is 1. The topological polar surface area (TPSA) is 58.1 Å². The lowest BCUT2D eigenvalue weighted by Gasteiger charge is -2.20. The van der Waals surface area contributed by atoms with Crippen molar-refractivity contribution in [3.05, 3.63) is 22.7 Å². The van der Waals surface area contributed by atoms with Gasteiger partial charge < -0.3 is 10.2 Å². The third-order valence-corrected chi connectivity index (χ3v) is 3.39. The van der Waals surface area contributed by atoms with Crippen molar-refractivity contribution in [1.82, 2.24) is 20.2 Å². The van der Waals surface area contributed by atoms with E-state index in [-0.39, 0.29) is 24.2 Å². The summed E-state index contributed by atoms with van der Waals surface area (Å²) in [6.45, 7) is 7.17. The number of amides is 1. The Balaban J connectivity index is 0.00000200. The molecular weight excluding hydrogens is 299 g/mol. The summed E-state index contributed by atoms with van der Waals surface area (Å²) in [5.41, 5.74) is 0.322. The fourth-order valence-corrected chi connectivity index (χ4v) is 2.18. The van der Waals surface area contributed by atoms with Gasteiger partial charge in [0.25, 0.3) is 5.91 Å². The van der Waals surface area contributed by atoms with Gasteiger partial charge in [0.05, 0.1) is 11.2 Å². The van der Waals surface area contributed by atoms with Crippen molar-refractivity contribution in [2.45, 2.75) is 26.2 Å². The second-order valence-corrected chi connectivity index (χ2v) is 5.38. The van der Waals surface area contributed by atoms with Gasteiger partial charge in [-0.05, 0) is 13.0 Å². The molecule has 0 aromatic carbocycles. The lowest BCUT2D eigenvalue weighted by Crippen LogP contribution is -2.35. The summed E-state index contributed by atoms with van der Waals surface area (Å²) in [5.74, 6) is 0.730. The van der Waals surface area contributed by atoms with Crippen LogP contribution in [0.15, 0.2) is 6.20 Å². The first-order valence-corrected chi connectivity index (χ1v) is 7.00. The Hall–Kier alpha value is -0.910. The highest BCUT2D eigenvalue weighted by Gasteiger charge is 2.22. The first-order chi connectivity index (χ1) is 9.09. The quantitative estimate of drug-likeness (QED) is 0.907. The molecule has 1 aromatic heterocycles. The monoisotopic (exact) mass is 318 g/mol. The predicted octanol–water partition coefficient (Wildman–Crippen LogP) is 2.11. The Kier molecular flexibility index (Phi) is 6.65. The maximum atomic E-state index is 12.5. The number of nitrogens with zero attached hydrogens (tertiary/aromatic N) is 3. The molecule has 0 atom stereocenters. The zero-order valence-corrected chi connectivity index (χ0v) is 13.3. The number of hydrogen-bond acceptors (Lipinski definition) is 4. The van der Waals surface area contributed by atoms with Crippen molar-refractivity contribution in [3.8, 4) is 0 Å². The molecule has 1 N–H and O–H groups in total. The minimum absolute atomic E-state index is 0. The highest BCUT2D eigenvalue weighted by atomic mass is 35.5. The molecule has 1 amide bonds. The summed E-state index contributed by atoms with van der Waals surface area (Å²) >= 11 is 6.07. The van der Waals surface area contributed by atoms with Crippen LogP contribution in [0.3, 0.4) is 0 Å². The van der Waals surface area contributed by atoms with Crippen molar-refractivity contribution < 1.29 is 4.79 Å². The lowest BCUT2D eigenvalue weighted by molar-refractivity contribution is 0.0760. The maximum absolute atomic E-state index is 12.5. The van der Waals surface area contributed by atoms with Gasteiger partial charge in [0.1, 0.15) is 5.82 Å². The van der Waals surface area contributed by atoms with Gasteiger partial charge in [0, 0.05) is 25.6 Å².